The molecule has 2 nitrogen and oxygen atoms in total. The Morgan fingerprint density at radius 3 is 2.56 bits per heavy atom. The summed E-state index contributed by atoms with van der Waals surface area (Å²) < 4.78 is 0. The van der Waals surface area contributed by atoms with Crippen molar-refractivity contribution < 1.29 is 4.79 Å². The molecule has 0 bridgehead atoms. The van der Waals surface area contributed by atoms with Gasteiger partial charge in [0.15, 0.2) is 0 Å². The van der Waals surface area contributed by atoms with Gasteiger partial charge in [0.1, 0.15) is 0 Å². The second-order valence-electron chi connectivity index (χ2n) is 4.79. The van der Waals surface area contributed by atoms with Crippen LogP contribution in [0.1, 0.15) is 30.9 Å². The molecule has 1 aliphatic rings. The minimum atomic E-state index is -0.0295. The van der Waals surface area contributed by atoms with Crippen LogP contribution >= 0.6 is 0 Å². The van der Waals surface area contributed by atoms with E-state index < -0.39 is 0 Å². The highest BCUT2D eigenvalue weighted by Crippen LogP contribution is 2.45. The average molecular weight is 237 g/mol. The van der Waals surface area contributed by atoms with Crippen LogP contribution in [0.15, 0.2) is 42.5 Å². The first-order valence-corrected chi connectivity index (χ1v) is 6.17. The zero-order valence-electron chi connectivity index (χ0n) is 10.5. The molecule has 2 heteroatoms. The summed E-state index contributed by atoms with van der Waals surface area (Å²) in [5, 5.41) is 2.84. The van der Waals surface area contributed by atoms with E-state index in [0.29, 0.717) is 5.92 Å². The van der Waals surface area contributed by atoms with Gasteiger partial charge in [-0.1, -0.05) is 37.3 Å². The van der Waals surface area contributed by atoms with Crippen LogP contribution < -0.4 is 5.32 Å². The van der Waals surface area contributed by atoms with E-state index in [9.17, 15) is 4.79 Å². The number of hydrogen-bond acceptors (Lipinski definition) is 1. The first-order valence-electron chi connectivity index (χ1n) is 6.17. The largest absolute Gasteiger partial charge is 0.326 e. The summed E-state index contributed by atoms with van der Waals surface area (Å²) in [6.45, 7) is 3.74. The Morgan fingerprint density at radius 2 is 1.78 bits per heavy atom. The number of benzene rings is 2. The minimum absolute atomic E-state index is 0.0295. The third kappa shape index (κ3) is 1.61. The number of carbonyl (C=O) groups is 1. The zero-order chi connectivity index (χ0) is 12.7. The Hall–Kier alpha value is -2.09. The van der Waals surface area contributed by atoms with Crippen LogP contribution in [0, 0.1) is 0 Å². The fraction of sp³-hybridized carbons (Fsp3) is 0.188. The van der Waals surface area contributed by atoms with Crippen LogP contribution in [0.5, 0.6) is 0 Å². The highest BCUT2D eigenvalue weighted by molar-refractivity contribution is 5.90. The average Bonchev–Trinajstić information content (AvgIpc) is 2.63. The van der Waals surface area contributed by atoms with Crippen LogP contribution in [0.2, 0.25) is 0 Å². The van der Waals surface area contributed by atoms with Gasteiger partial charge >= 0.3 is 0 Å². The van der Waals surface area contributed by atoms with E-state index in [1.165, 1.54) is 29.2 Å². The van der Waals surface area contributed by atoms with Crippen molar-refractivity contribution in [1.82, 2.24) is 0 Å². The van der Waals surface area contributed by atoms with Gasteiger partial charge in [0.2, 0.25) is 5.91 Å². The lowest BCUT2D eigenvalue weighted by molar-refractivity contribution is -0.114. The maximum absolute atomic E-state index is 11.1. The fourth-order valence-electron chi connectivity index (χ4n) is 2.73. The van der Waals surface area contributed by atoms with Gasteiger partial charge in [0.25, 0.3) is 0 Å². The number of nitrogens with one attached hydrogen (secondary N) is 1. The molecule has 1 atom stereocenters. The quantitative estimate of drug-likeness (QED) is 0.803. The predicted molar refractivity (Wildman–Crippen MR) is 73.7 cm³/mol. The van der Waals surface area contributed by atoms with Gasteiger partial charge in [-0.05, 0) is 34.4 Å². The molecule has 0 fully saturated rings. The van der Waals surface area contributed by atoms with Gasteiger partial charge in [0.05, 0.1) is 0 Å². The van der Waals surface area contributed by atoms with Crippen LogP contribution in [-0.2, 0) is 4.79 Å². The number of fused-ring (bicyclic) bond motifs is 3. The van der Waals surface area contributed by atoms with Gasteiger partial charge in [-0.25, -0.2) is 0 Å². The number of amides is 1. The molecule has 0 saturated carbocycles. The van der Waals surface area contributed by atoms with Crippen molar-refractivity contribution >= 4 is 11.6 Å². The van der Waals surface area contributed by atoms with E-state index >= 15 is 0 Å². The maximum atomic E-state index is 11.1. The third-order valence-corrected chi connectivity index (χ3v) is 3.56. The molecule has 3 rings (SSSR count). The highest BCUT2D eigenvalue weighted by atomic mass is 16.1. The SMILES string of the molecule is CC(=O)Nc1ccc2c(c1)[C@@H](C)c1ccccc1-2. The summed E-state index contributed by atoms with van der Waals surface area (Å²) in [6, 6.07) is 14.6. The molecule has 2 aromatic carbocycles. The van der Waals surface area contributed by atoms with Gasteiger partial charge in [-0.15, -0.1) is 0 Å². The summed E-state index contributed by atoms with van der Waals surface area (Å²) in [4.78, 5) is 11.1. The molecule has 1 amide bonds. The maximum Gasteiger partial charge on any atom is 0.221 e. The van der Waals surface area contributed by atoms with Crippen molar-refractivity contribution in [3.63, 3.8) is 0 Å². The molecule has 0 spiro atoms. The van der Waals surface area contributed by atoms with Crippen LogP contribution in [0.4, 0.5) is 5.69 Å². The Balaban J connectivity index is 2.10. The van der Waals surface area contributed by atoms with Crippen LogP contribution in [-0.4, -0.2) is 5.91 Å². The van der Waals surface area contributed by atoms with E-state index in [1.807, 2.05) is 6.07 Å². The van der Waals surface area contributed by atoms with Gasteiger partial charge in [-0.2, -0.15) is 0 Å². The summed E-state index contributed by atoms with van der Waals surface area (Å²) >= 11 is 0. The van der Waals surface area contributed by atoms with Crippen molar-refractivity contribution in [3.8, 4) is 11.1 Å². The molecular formula is C16H15NO. The van der Waals surface area contributed by atoms with E-state index in [0.717, 1.165) is 5.69 Å². The lowest BCUT2D eigenvalue weighted by Gasteiger charge is -2.08. The Bertz CT molecular complexity index is 631. The minimum Gasteiger partial charge on any atom is -0.326 e. The molecule has 1 N–H and O–H groups in total. The van der Waals surface area contributed by atoms with Crippen molar-refractivity contribution in [3.05, 3.63) is 53.6 Å². The molecule has 0 aromatic heterocycles. The Labute approximate surface area is 107 Å². The molecule has 1 aliphatic carbocycles. The molecule has 18 heavy (non-hydrogen) atoms. The number of hydrogen-bond donors (Lipinski definition) is 1. The highest BCUT2D eigenvalue weighted by Gasteiger charge is 2.24. The van der Waals surface area contributed by atoms with Crippen molar-refractivity contribution in [2.75, 3.05) is 5.32 Å². The van der Waals surface area contributed by atoms with Crippen molar-refractivity contribution in [2.45, 2.75) is 19.8 Å². The van der Waals surface area contributed by atoms with Gasteiger partial charge < -0.3 is 5.32 Å². The number of rotatable bonds is 1. The molecule has 0 aliphatic heterocycles. The van der Waals surface area contributed by atoms with Crippen LogP contribution in [0.3, 0.4) is 0 Å². The summed E-state index contributed by atoms with van der Waals surface area (Å²) in [5.41, 5.74) is 6.14. The summed E-state index contributed by atoms with van der Waals surface area (Å²) in [5.74, 6) is 0.364. The topological polar surface area (TPSA) is 29.1 Å². The fourth-order valence-corrected chi connectivity index (χ4v) is 2.73. The lowest BCUT2D eigenvalue weighted by atomic mass is 9.99. The van der Waals surface area contributed by atoms with Crippen molar-refractivity contribution in [1.29, 1.82) is 0 Å². The Morgan fingerprint density at radius 1 is 1.06 bits per heavy atom. The van der Waals surface area contributed by atoms with E-state index in [4.69, 9.17) is 0 Å². The van der Waals surface area contributed by atoms with Crippen molar-refractivity contribution in [2.24, 2.45) is 0 Å². The molecule has 0 saturated heterocycles. The first kappa shape index (κ1) is 11.0. The molecule has 0 heterocycles. The molecule has 2 aromatic rings. The Kier molecular flexibility index (Phi) is 2.44. The monoisotopic (exact) mass is 237 g/mol. The molecule has 90 valence electrons. The molecule has 0 radical (unpaired) electrons. The summed E-state index contributed by atoms with van der Waals surface area (Å²) in [7, 11) is 0. The smallest absolute Gasteiger partial charge is 0.221 e. The van der Waals surface area contributed by atoms with Gasteiger partial charge in [-0.3, -0.25) is 4.79 Å². The second-order valence-corrected chi connectivity index (χ2v) is 4.79. The zero-order valence-corrected chi connectivity index (χ0v) is 10.5. The van der Waals surface area contributed by atoms with Crippen LogP contribution in [0.25, 0.3) is 11.1 Å². The predicted octanol–water partition coefficient (Wildman–Crippen LogP) is 3.78. The van der Waals surface area contributed by atoms with E-state index in [2.05, 4.69) is 48.6 Å². The van der Waals surface area contributed by atoms with Gasteiger partial charge in [0, 0.05) is 18.5 Å². The number of anilines is 1. The molecule has 0 unspecified atom stereocenters. The normalized spacial score (nSPS) is 16.0. The lowest BCUT2D eigenvalue weighted by Crippen LogP contribution is -2.06. The number of carbonyl (C=O) groups excluding carboxylic acids is 1. The standard InChI is InChI=1S/C16H15NO/c1-10-13-5-3-4-6-14(13)15-8-7-12(9-16(10)15)17-11(2)18/h3-10H,1-2H3,(H,17,18)/t10-/m0/s1. The first-order chi connectivity index (χ1) is 8.66. The van der Waals surface area contributed by atoms with E-state index in [1.54, 1.807) is 0 Å². The summed E-state index contributed by atoms with van der Waals surface area (Å²) in [6.07, 6.45) is 0. The molecular weight excluding hydrogens is 222 g/mol. The van der Waals surface area contributed by atoms with E-state index in [-0.39, 0.29) is 5.91 Å². The second kappa shape index (κ2) is 3.98. The third-order valence-electron chi connectivity index (χ3n) is 3.56.